The highest BCUT2D eigenvalue weighted by molar-refractivity contribution is 9.13. The molecule has 108 valence electrons. The van der Waals surface area contributed by atoms with Gasteiger partial charge in [0.15, 0.2) is 0 Å². The highest BCUT2D eigenvalue weighted by Gasteiger charge is 2.13. The Morgan fingerprint density at radius 1 is 0.950 bits per heavy atom. The SMILES string of the molecule is O=C(O)/C=C/C(=O)O.O=C(O)c1ccc(Br)c(Br)c1O. The van der Waals surface area contributed by atoms with Gasteiger partial charge in [-0.3, -0.25) is 0 Å². The van der Waals surface area contributed by atoms with Gasteiger partial charge < -0.3 is 20.4 Å². The van der Waals surface area contributed by atoms with Gasteiger partial charge >= 0.3 is 17.9 Å². The first-order valence-corrected chi connectivity index (χ1v) is 6.29. The molecule has 0 saturated carbocycles. The fraction of sp³-hybridized carbons (Fsp3) is 0. The van der Waals surface area contributed by atoms with E-state index in [4.69, 9.17) is 15.3 Å². The van der Waals surface area contributed by atoms with E-state index in [-0.39, 0.29) is 11.3 Å². The summed E-state index contributed by atoms with van der Waals surface area (Å²) in [6.07, 6.45) is 1.12. The largest absolute Gasteiger partial charge is 0.506 e. The lowest BCUT2D eigenvalue weighted by molar-refractivity contribution is -0.134. The molecule has 0 amide bonds. The van der Waals surface area contributed by atoms with Crippen molar-refractivity contribution in [3.63, 3.8) is 0 Å². The topological polar surface area (TPSA) is 132 Å². The number of halogens is 2. The maximum absolute atomic E-state index is 10.5. The molecular formula is C11H8Br2O7. The van der Waals surface area contributed by atoms with Crippen molar-refractivity contribution < 1.29 is 34.8 Å². The van der Waals surface area contributed by atoms with Crippen molar-refractivity contribution in [3.8, 4) is 5.75 Å². The standard InChI is InChI=1S/C7H4Br2O3.C4H4O4/c8-4-2-1-3(7(11)12)6(10)5(4)9;5-3(6)1-2-4(7)8/h1-2,10H,(H,11,12);1-2H,(H,5,6)(H,7,8)/b;2-1+. The maximum Gasteiger partial charge on any atom is 0.339 e. The zero-order valence-electron chi connectivity index (χ0n) is 9.58. The average molecular weight is 412 g/mol. The number of benzene rings is 1. The van der Waals surface area contributed by atoms with Crippen LogP contribution in [0.5, 0.6) is 5.75 Å². The van der Waals surface area contributed by atoms with E-state index in [1.54, 1.807) is 6.07 Å². The molecule has 1 aromatic rings. The molecule has 0 heterocycles. The van der Waals surface area contributed by atoms with Gasteiger partial charge in [0, 0.05) is 16.6 Å². The highest BCUT2D eigenvalue weighted by atomic mass is 79.9. The van der Waals surface area contributed by atoms with Gasteiger partial charge in [-0.1, -0.05) is 0 Å². The number of phenols is 1. The Bertz CT molecular complexity index is 550. The van der Waals surface area contributed by atoms with Crippen LogP contribution in [0, 0.1) is 0 Å². The predicted molar refractivity (Wildman–Crippen MR) is 74.9 cm³/mol. The third kappa shape index (κ3) is 6.34. The number of carbonyl (C=O) groups is 3. The number of carboxylic acids is 3. The normalized spacial score (nSPS) is 9.70. The summed E-state index contributed by atoms with van der Waals surface area (Å²) in [5.41, 5.74) is -0.120. The zero-order valence-corrected chi connectivity index (χ0v) is 12.8. The smallest absolute Gasteiger partial charge is 0.339 e. The molecule has 1 rings (SSSR count). The summed E-state index contributed by atoms with van der Waals surface area (Å²) in [5.74, 6) is -3.93. The maximum atomic E-state index is 10.5. The number of aliphatic carboxylic acids is 2. The summed E-state index contributed by atoms with van der Waals surface area (Å²) in [5, 5.41) is 33.5. The number of hydrogen-bond acceptors (Lipinski definition) is 4. The second-order valence-corrected chi connectivity index (χ2v) is 4.72. The van der Waals surface area contributed by atoms with Crippen LogP contribution in [0.15, 0.2) is 33.2 Å². The van der Waals surface area contributed by atoms with Gasteiger partial charge in [0.25, 0.3) is 0 Å². The minimum Gasteiger partial charge on any atom is -0.506 e. The van der Waals surface area contributed by atoms with Crippen LogP contribution < -0.4 is 0 Å². The van der Waals surface area contributed by atoms with Crippen LogP contribution >= 0.6 is 31.9 Å². The molecule has 0 aliphatic carbocycles. The van der Waals surface area contributed by atoms with Crippen molar-refractivity contribution in [1.29, 1.82) is 0 Å². The van der Waals surface area contributed by atoms with Crippen molar-refractivity contribution in [3.05, 3.63) is 38.8 Å². The fourth-order valence-corrected chi connectivity index (χ4v) is 1.52. The van der Waals surface area contributed by atoms with Gasteiger partial charge in [-0.15, -0.1) is 0 Å². The van der Waals surface area contributed by atoms with E-state index in [0.717, 1.165) is 0 Å². The minimum atomic E-state index is -1.26. The van der Waals surface area contributed by atoms with Crippen molar-refractivity contribution in [2.75, 3.05) is 0 Å². The number of hydrogen-bond donors (Lipinski definition) is 4. The molecule has 0 unspecified atom stereocenters. The van der Waals surface area contributed by atoms with E-state index >= 15 is 0 Å². The minimum absolute atomic E-state index is 0.120. The molecule has 0 spiro atoms. The molecule has 0 saturated heterocycles. The van der Waals surface area contributed by atoms with Gasteiger partial charge in [0.2, 0.25) is 0 Å². The van der Waals surface area contributed by atoms with Crippen LogP contribution in [0.25, 0.3) is 0 Å². The monoisotopic (exact) mass is 410 g/mol. The van der Waals surface area contributed by atoms with Crippen molar-refractivity contribution >= 4 is 49.8 Å². The lowest BCUT2D eigenvalue weighted by Gasteiger charge is -2.02. The third-order valence-electron chi connectivity index (χ3n) is 1.67. The molecular weight excluding hydrogens is 404 g/mol. The second kappa shape index (κ2) is 8.33. The van der Waals surface area contributed by atoms with E-state index in [1.165, 1.54) is 6.07 Å². The lowest BCUT2D eigenvalue weighted by Crippen LogP contribution is -1.96. The molecule has 4 N–H and O–H groups in total. The molecule has 0 radical (unpaired) electrons. The first-order chi connectivity index (χ1) is 9.16. The fourth-order valence-electron chi connectivity index (χ4n) is 0.855. The second-order valence-electron chi connectivity index (χ2n) is 3.07. The number of rotatable bonds is 3. The Hall–Kier alpha value is -1.87. The van der Waals surface area contributed by atoms with E-state index in [2.05, 4.69) is 31.9 Å². The number of aromatic hydroxyl groups is 1. The highest BCUT2D eigenvalue weighted by Crippen LogP contribution is 2.34. The van der Waals surface area contributed by atoms with E-state index in [1.807, 2.05) is 0 Å². The van der Waals surface area contributed by atoms with Crippen LogP contribution in [0.1, 0.15) is 10.4 Å². The average Bonchev–Trinajstić information content (AvgIpc) is 2.34. The van der Waals surface area contributed by atoms with E-state index in [0.29, 0.717) is 21.1 Å². The van der Waals surface area contributed by atoms with Gasteiger partial charge in [-0.25, -0.2) is 14.4 Å². The van der Waals surface area contributed by atoms with Gasteiger partial charge in [0.1, 0.15) is 11.3 Å². The van der Waals surface area contributed by atoms with Crippen molar-refractivity contribution in [2.24, 2.45) is 0 Å². The molecule has 0 bridgehead atoms. The molecule has 0 atom stereocenters. The lowest BCUT2D eigenvalue weighted by atomic mass is 10.2. The Kier molecular flexibility index (Phi) is 7.55. The summed E-state index contributed by atoms with van der Waals surface area (Å²) < 4.78 is 0.965. The van der Waals surface area contributed by atoms with Gasteiger partial charge in [-0.2, -0.15) is 0 Å². The molecule has 0 aliphatic rings. The number of carboxylic acid groups (broad SMARTS) is 3. The quantitative estimate of drug-likeness (QED) is 0.561. The van der Waals surface area contributed by atoms with Crippen molar-refractivity contribution in [1.82, 2.24) is 0 Å². The zero-order chi connectivity index (χ0) is 15.9. The Morgan fingerprint density at radius 2 is 1.40 bits per heavy atom. The van der Waals surface area contributed by atoms with Crippen LogP contribution in [0.4, 0.5) is 0 Å². The molecule has 7 nitrogen and oxygen atoms in total. The van der Waals surface area contributed by atoms with Crippen LogP contribution in [-0.4, -0.2) is 38.3 Å². The van der Waals surface area contributed by atoms with Crippen molar-refractivity contribution in [2.45, 2.75) is 0 Å². The first kappa shape index (κ1) is 18.1. The van der Waals surface area contributed by atoms with E-state index in [9.17, 15) is 19.5 Å². The van der Waals surface area contributed by atoms with Gasteiger partial charge in [0.05, 0.1) is 4.47 Å². The summed E-state index contributed by atoms with van der Waals surface area (Å²) in [6.45, 7) is 0. The van der Waals surface area contributed by atoms with Crippen LogP contribution in [0.2, 0.25) is 0 Å². The van der Waals surface area contributed by atoms with Crippen LogP contribution in [0.3, 0.4) is 0 Å². The molecule has 0 aliphatic heterocycles. The third-order valence-corrected chi connectivity index (χ3v) is 3.66. The Balaban J connectivity index is 0.000000396. The summed E-state index contributed by atoms with van der Waals surface area (Å²) in [6, 6.07) is 2.87. The Labute approximate surface area is 129 Å². The summed E-state index contributed by atoms with van der Waals surface area (Å²) >= 11 is 6.17. The number of aromatic carboxylic acids is 1. The molecule has 0 fully saturated rings. The van der Waals surface area contributed by atoms with Gasteiger partial charge in [-0.05, 0) is 44.0 Å². The predicted octanol–water partition coefficient (Wildman–Crippen LogP) is 2.33. The molecule has 0 aromatic heterocycles. The molecule has 1 aromatic carbocycles. The van der Waals surface area contributed by atoms with E-state index < -0.39 is 17.9 Å². The summed E-state index contributed by atoms with van der Waals surface area (Å²) in [4.78, 5) is 29.6. The molecule has 9 heteroatoms. The Morgan fingerprint density at radius 3 is 1.75 bits per heavy atom. The first-order valence-electron chi connectivity index (χ1n) is 4.71. The molecule has 20 heavy (non-hydrogen) atoms. The van der Waals surface area contributed by atoms with Crippen LogP contribution in [-0.2, 0) is 9.59 Å². The summed E-state index contributed by atoms with van der Waals surface area (Å²) in [7, 11) is 0.